The Bertz CT molecular complexity index is 612. The second-order valence-corrected chi connectivity index (χ2v) is 4.14. The number of nitrogens with zero attached hydrogens (tertiary/aromatic N) is 2. The lowest BCUT2D eigenvalue weighted by molar-refractivity contribution is 0.760. The molecule has 0 unspecified atom stereocenters. The molecular formula is C13H18ClN3O. The molecule has 1 heterocycles. The summed E-state index contributed by atoms with van der Waals surface area (Å²) in [7, 11) is 3.59. The number of benzene rings is 1. The van der Waals surface area contributed by atoms with Gasteiger partial charge in [-0.05, 0) is 17.7 Å². The van der Waals surface area contributed by atoms with E-state index in [1.54, 1.807) is 23.2 Å². The third kappa shape index (κ3) is 2.49. The summed E-state index contributed by atoms with van der Waals surface area (Å²) in [6.07, 6.45) is 1.83. The molecule has 1 aromatic heterocycles. The largest absolute Gasteiger partial charge is 0.328 e. The number of rotatable bonds is 4. The van der Waals surface area contributed by atoms with Crippen LogP contribution < -0.4 is 11.0 Å². The first-order chi connectivity index (χ1) is 8.15. The van der Waals surface area contributed by atoms with Crippen LogP contribution in [0.5, 0.6) is 0 Å². The summed E-state index contributed by atoms with van der Waals surface area (Å²) in [5.41, 5.74) is 3.11. The van der Waals surface area contributed by atoms with Crippen LogP contribution in [0, 0.1) is 0 Å². The zero-order valence-corrected chi connectivity index (χ0v) is 11.5. The van der Waals surface area contributed by atoms with E-state index in [9.17, 15) is 4.79 Å². The van der Waals surface area contributed by atoms with Crippen molar-refractivity contribution in [2.45, 2.75) is 6.54 Å². The Kier molecular flexibility index (Phi) is 4.76. The molecule has 0 aliphatic carbocycles. The maximum atomic E-state index is 11.8. The topological polar surface area (TPSA) is 39.0 Å². The van der Waals surface area contributed by atoms with Crippen molar-refractivity contribution in [1.29, 1.82) is 0 Å². The van der Waals surface area contributed by atoms with E-state index in [-0.39, 0.29) is 18.1 Å². The van der Waals surface area contributed by atoms with Crippen LogP contribution in [0.25, 0.3) is 11.0 Å². The van der Waals surface area contributed by atoms with Crippen LogP contribution in [0.3, 0.4) is 0 Å². The van der Waals surface area contributed by atoms with Crippen molar-refractivity contribution in [2.24, 2.45) is 14.1 Å². The van der Waals surface area contributed by atoms with E-state index < -0.39 is 0 Å². The molecule has 0 saturated carbocycles. The molecule has 0 amide bonds. The normalized spacial score (nSPS) is 10.3. The van der Waals surface area contributed by atoms with E-state index >= 15 is 0 Å². The van der Waals surface area contributed by atoms with Crippen molar-refractivity contribution in [1.82, 2.24) is 14.5 Å². The monoisotopic (exact) mass is 267 g/mol. The third-order valence-corrected chi connectivity index (χ3v) is 2.95. The second-order valence-electron chi connectivity index (χ2n) is 4.14. The van der Waals surface area contributed by atoms with Gasteiger partial charge in [0.05, 0.1) is 11.0 Å². The summed E-state index contributed by atoms with van der Waals surface area (Å²) >= 11 is 0. The number of fused-ring (bicyclic) bond motifs is 1. The Labute approximate surface area is 112 Å². The van der Waals surface area contributed by atoms with E-state index in [1.807, 2.05) is 24.3 Å². The van der Waals surface area contributed by atoms with Gasteiger partial charge in [-0.2, -0.15) is 0 Å². The van der Waals surface area contributed by atoms with Gasteiger partial charge in [-0.3, -0.25) is 9.13 Å². The Morgan fingerprint density at radius 3 is 2.61 bits per heavy atom. The average molecular weight is 268 g/mol. The molecular weight excluding hydrogens is 250 g/mol. The van der Waals surface area contributed by atoms with Crippen molar-refractivity contribution in [3.63, 3.8) is 0 Å². The highest BCUT2D eigenvalue weighted by Crippen LogP contribution is 2.13. The fourth-order valence-corrected chi connectivity index (χ4v) is 1.98. The molecule has 18 heavy (non-hydrogen) atoms. The maximum absolute atomic E-state index is 11.8. The number of halogens is 1. The van der Waals surface area contributed by atoms with E-state index in [0.29, 0.717) is 0 Å². The van der Waals surface area contributed by atoms with Gasteiger partial charge in [0.2, 0.25) is 0 Å². The Morgan fingerprint density at radius 1 is 1.28 bits per heavy atom. The van der Waals surface area contributed by atoms with Gasteiger partial charge in [0, 0.05) is 27.2 Å². The summed E-state index contributed by atoms with van der Waals surface area (Å²) in [5, 5.41) is 3.24. The number of aryl methyl sites for hydroxylation is 2. The minimum Gasteiger partial charge on any atom is -0.309 e. The fourth-order valence-electron chi connectivity index (χ4n) is 1.98. The standard InChI is InChI=1S/C13H17N3O.ClH/c1-4-7-14-9-10-5-6-11-12(8-10)16(3)13(17)15(11)2;/h4-6,8,14H,1,7,9H2,2-3H3;1H. The highest BCUT2D eigenvalue weighted by molar-refractivity contribution is 5.85. The predicted molar refractivity (Wildman–Crippen MR) is 77.3 cm³/mol. The number of hydrogen-bond acceptors (Lipinski definition) is 2. The van der Waals surface area contributed by atoms with E-state index in [2.05, 4.69) is 11.9 Å². The van der Waals surface area contributed by atoms with Crippen molar-refractivity contribution < 1.29 is 0 Å². The number of nitrogens with one attached hydrogen (secondary N) is 1. The lowest BCUT2D eigenvalue weighted by Gasteiger charge is -2.03. The van der Waals surface area contributed by atoms with Crippen LogP contribution in [-0.4, -0.2) is 15.7 Å². The first-order valence-electron chi connectivity index (χ1n) is 5.61. The van der Waals surface area contributed by atoms with Crippen LogP contribution in [0.4, 0.5) is 0 Å². The van der Waals surface area contributed by atoms with Gasteiger partial charge in [0.15, 0.2) is 0 Å². The van der Waals surface area contributed by atoms with Crippen LogP contribution >= 0.6 is 12.4 Å². The lowest BCUT2D eigenvalue weighted by Crippen LogP contribution is -2.19. The third-order valence-electron chi connectivity index (χ3n) is 2.95. The minimum absolute atomic E-state index is 0. The Balaban J connectivity index is 0.00000162. The predicted octanol–water partition coefficient (Wildman–Crippen LogP) is 1.57. The molecule has 4 nitrogen and oxygen atoms in total. The Morgan fingerprint density at radius 2 is 1.94 bits per heavy atom. The van der Waals surface area contributed by atoms with Crippen LogP contribution in [0.15, 0.2) is 35.6 Å². The zero-order chi connectivity index (χ0) is 12.4. The second kappa shape index (κ2) is 5.89. The molecule has 1 aromatic carbocycles. The SMILES string of the molecule is C=CCNCc1ccc2c(c1)n(C)c(=O)n2C.Cl. The van der Waals surface area contributed by atoms with Gasteiger partial charge in [-0.1, -0.05) is 12.1 Å². The quantitative estimate of drug-likeness (QED) is 0.675. The summed E-state index contributed by atoms with van der Waals surface area (Å²) in [4.78, 5) is 11.8. The van der Waals surface area contributed by atoms with Gasteiger partial charge < -0.3 is 5.32 Å². The van der Waals surface area contributed by atoms with Crippen molar-refractivity contribution in [3.05, 3.63) is 46.9 Å². The van der Waals surface area contributed by atoms with Crippen LogP contribution in [-0.2, 0) is 20.6 Å². The van der Waals surface area contributed by atoms with Gasteiger partial charge in [0.25, 0.3) is 0 Å². The summed E-state index contributed by atoms with van der Waals surface area (Å²) in [6, 6.07) is 6.08. The summed E-state index contributed by atoms with van der Waals surface area (Å²) in [5.74, 6) is 0. The highest BCUT2D eigenvalue weighted by atomic mass is 35.5. The molecule has 98 valence electrons. The van der Waals surface area contributed by atoms with Gasteiger partial charge in [-0.25, -0.2) is 4.79 Å². The molecule has 0 radical (unpaired) electrons. The van der Waals surface area contributed by atoms with Gasteiger partial charge in [0.1, 0.15) is 0 Å². The first-order valence-corrected chi connectivity index (χ1v) is 5.61. The van der Waals surface area contributed by atoms with Crippen LogP contribution in [0.1, 0.15) is 5.56 Å². The Hall–Kier alpha value is -1.52. The molecule has 2 aromatic rings. The van der Waals surface area contributed by atoms with Crippen LogP contribution in [0.2, 0.25) is 0 Å². The lowest BCUT2D eigenvalue weighted by atomic mass is 10.2. The first kappa shape index (κ1) is 14.5. The van der Waals surface area contributed by atoms with Crippen molar-refractivity contribution in [3.8, 4) is 0 Å². The summed E-state index contributed by atoms with van der Waals surface area (Å²) < 4.78 is 3.34. The number of imidazole rings is 1. The number of aromatic nitrogens is 2. The summed E-state index contributed by atoms with van der Waals surface area (Å²) in [6.45, 7) is 5.23. The highest BCUT2D eigenvalue weighted by Gasteiger charge is 2.07. The van der Waals surface area contributed by atoms with Crippen molar-refractivity contribution in [2.75, 3.05) is 6.54 Å². The molecule has 0 aliphatic heterocycles. The van der Waals surface area contributed by atoms with E-state index in [4.69, 9.17) is 0 Å². The fraction of sp³-hybridized carbons (Fsp3) is 0.308. The van der Waals surface area contributed by atoms with E-state index in [1.165, 1.54) is 5.56 Å². The van der Waals surface area contributed by atoms with Gasteiger partial charge >= 0.3 is 5.69 Å². The molecule has 0 bridgehead atoms. The number of hydrogen-bond donors (Lipinski definition) is 1. The molecule has 0 atom stereocenters. The molecule has 0 spiro atoms. The molecule has 2 rings (SSSR count). The maximum Gasteiger partial charge on any atom is 0.328 e. The zero-order valence-electron chi connectivity index (χ0n) is 10.6. The molecule has 0 aliphatic rings. The average Bonchev–Trinajstić information content (AvgIpc) is 2.55. The van der Waals surface area contributed by atoms with Crippen molar-refractivity contribution >= 4 is 23.4 Å². The molecule has 0 fully saturated rings. The molecule has 1 N–H and O–H groups in total. The molecule has 0 saturated heterocycles. The van der Waals surface area contributed by atoms with E-state index in [0.717, 1.165) is 24.1 Å². The smallest absolute Gasteiger partial charge is 0.309 e. The minimum atomic E-state index is 0. The molecule has 5 heteroatoms. The van der Waals surface area contributed by atoms with Gasteiger partial charge in [-0.15, -0.1) is 19.0 Å².